The number of rotatable bonds is 4. The monoisotopic (exact) mass is 317 g/mol. The maximum atomic E-state index is 12.3. The standard InChI is InChI=1S/C18H27N3O2/c1-12(2)19-18(23)21-15-9-7-14(8-10-15)17(22)20-16-6-4-5-13(3)11-16/h7-10,12-13,16H,4-6,11H2,1-3H3,(H,20,22)(H2,19,21,23). The van der Waals surface area contributed by atoms with Crippen molar-refractivity contribution in [3.05, 3.63) is 29.8 Å². The average molecular weight is 317 g/mol. The Bertz CT molecular complexity index is 540. The number of hydrogen-bond acceptors (Lipinski definition) is 2. The minimum Gasteiger partial charge on any atom is -0.349 e. The van der Waals surface area contributed by atoms with Crippen molar-refractivity contribution in [1.82, 2.24) is 10.6 Å². The predicted octanol–water partition coefficient (Wildman–Crippen LogP) is 3.53. The Morgan fingerprint density at radius 1 is 1.13 bits per heavy atom. The Hall–Kier alpha value is -2.04. The summed E-state index contributed by atoms with van der Waals surface area (Å²) in [5.41, 5.74) is 1.30. The molecule has 1 fully saturated rings. The lowest BCUT2D eigenvalue weighted by atomic mass is 9.87. The summed E-state index contributed by atoms with van der Waals surface area (Å²) in [5.74, 6) is 0.641. The lowest BCUT2D eigenvalue weighted by Gasteiger charge is -2.27. The normalized spacial score (nSPS) is 20.9. The van der Waals surface area contributed by atoms with Crippen LogP contribution >= 0.6 is 0 Å². The van der Waals surface area contributed by atoms with E-state index in [2.05, 4.69) is 22.9 Å². The number of benzene rings is 1. The van der Waals surface area contributed by atoms with Crippen molar-refractivity contribution in [2.45, 2.75) is 58.5 Å². The number of amides is 3. The van der Waals surface area contributed by atoms with Crippen LogP contribution in [0, 0.1) is 5.92 Å². The first-order valence-electron chi connectivity index (χ1n) is 8.42. The van der Waals surface area contributed by atoms with Gasteiger partial charge < -0.3 is 16.0 Å². The lowest BCUT2D eigenvalue weighted by Crippen LogP contribution is -2.38. The SMILES string of the molecule is CC1CCCC(NC(=O)c2ccc(NC(=O)NC(C)C)cc2)C1. The molecule has 5 heteroatoms. The molecule has 0 aliphatic heterocycles. The quantitative estimate of drug-likeness (QED) is 0.795. The van der Waals surface area contributed by atoms with E-state index in [-0.39, 0.29) is 24.0 Å². The number of hydrogen-bond donors (Lipinski definition) is 3. The number of carbonyl (C=O) groups excluding carboxylic acids is 2. The molecule has 0 radical (unpaired) electrons. The van der Waals surface area contributed by atoms with Crippen LogP contribution in [-0.4, -0.2) is 24.0 Å². The Kier molecular flexibility index (Phi) is 6.02. The molecule has 2 atom stereocenters. The van der Waals surface area contributed by atoms with Crippen LogP contribution in [0.25, 0.3) is 0 Å². The van der Waals surface area contributed by atoms with Crippen LogP contribution < -0.4 is 16.0 Å². The van der Waals surface area contributed by atoms with Gasteiger partial charge in [-0.05, 0) is 56.9 Å². The summed E-state index contributed by atoms with van der Waals surface area (Å²) in [6.45, 7) is 6.04. The number of nitrogens with one attached hydrogen (secondary N) is 3. The largest absolute Gasteiger partial charge is 0.349 e. The average Bonchev–Trinajstić information content (AvgIpc) is 2.47. The van der Waals surface area contributed by atoms with E-state index in [1.165, 1.54) is 12.8 Å². The molecule has 1 aromatic rings. The van der Waals surface area contributed by atoms with E-state index in [9.17, 15) is 9.59 Å². The predicted molar refractivity (Wildman–Crippen MR) is 92.6 cm³/mol. The van der Waals surface area contributed by atoms with Gasteiger partial charge in [0.1, 0.15) is 0 Å². The first-order valence-corrected chi connectivity index (χ1v) is 8.42. The highest BCUT2D eigenvalue weighted by Gasteiger charge is 2.20. The number of carbonyl (C=O) groups is 2. The van der Waals surface area contributed by atoms with Crippen molar-refractivity contribution >= 4 is 17.6 Å². The molecule has 5 nitrogen and oxygen atoms in total. The molecular weight excluding hydrogens is 290 g/mol. The van der Waals surface area contributed by atoms with Crippen LogP contribution in [0.15, 0.2) is 24.3 Å². The van der Waals surface area contributed by atoms with Crippen molar-refractivity contribution in [3.8, 4) is 0 Å². The lowest BCUT2D eigenvalue weighted by molar-refractivity contribution is 0.0921. The molecule has 0 saturated heterocycles. The first kappa shape index (κ1) is 17.3. The van der Waals surface area contributed by atoms with Gasteiger partial charge >= 0.3 is 6.03 Å². The van der Waals surface area contributed by atoms with E-state index in [1.54, 1.807) is 24.3 Å². The smallest absolute Gasteiger partial charge is 0.319 e. The van der Waals surface area contributed by atoms with Gasteiger partial charge in [0, 0.05) is 23.3 Å². The Balaban J connectivity index is 1.88. The van der Waals surface area contributed by atoms with Crippen LogP contribution in [0.5, 0.6) is 0 Å². The summed E-state index contributed by atoms with van der Waals surface area (Å²) in [4.78, 5) is 23.9. The molecule has 1 aliphatic carbocycles. The molecule has 2 unspecified atom stereocenters. The van der Waals surface area contributed by atoms with Gasteiger partial charge in [0.15, 0.2) is 0 Å². The van der Waals surface area contributed by atoms with Gasteiger partial charge in [-0.2, -0.15) is 0 Å². The molecule has 126 valence electrons. The highest BCUT2D eigenvalue weighted by atomic mass is 16.2. The van der Waals surface area contributed by atoms with Crippen molar-refractivity contribution in [2.75, 3.05) is 5.32 Å². The number of anilines is 1. The van der Waals surface area contributed by atoms with E-state index in [0.717, 1.165) is 12.8 Å². The summed E-state index contributed by atoms with van der Waals surface area (Å²) in [6, 6.07) is 7.10. The van der Waals surface area contributed by atoms with Crippen LogP contribution in [0.2, 0.25) is 0 Å². The molecule has 1 aliphatic rings. The van der Waals surface area contributed by atoms with Gasteiger partial charge in [0.25, 0.3) is 5.91 Å². The molecular formula is C18H27N3O2. The van der Waals surface area contributed by atoms with E-state index in [4.69, 9.17) is 0 Å². The fraction of sp³-hybridized carbons (Fsp3) is 0.556. The van der Waals surface area contributed by atoms with Gasteiger partial charge in [-0.1, -0.05) is 19.8 Å². The highest BCUT2D eigenvalue weighted by molar-refractivity contribution is 5.95. The van der Waals surface area contributed by atoms with Gasteiger partial charge in [0.2, 0.25) is 0 Å². The molecule has 0 spiro atoms. The van der Waals surface area contributed by atoms with Crippen LogP contribution in [0.3, 0.4) is 0 Å². The summed E-state index contributed by atoms with van der Waals surface area (Å²) < 4.78 is 0. The maximum absolute atomic E-state index is 12.3. The summed E-state index contributed by atoms with van der Waals surface area (Å²) >= 11 is 0. The van der Waals surface area contributed by atoms with Crippen molar-refractivity contribution in [1.29, 1.82) is 0 Å². The second kappa shape index (κ2) is 7.99. The van der Waals surface area contributed by atoms with E-state index >= 15 is 0 Å². The zero-order valence-corrected chi connectivity index (χ0v) is 14.2. The van der Waals surface area contributed by atoms with Crippen molar-refractivity contribution < 1.29 is 9.59 Å². The molecule has 3 N–H and O–H groups in total. The third-order valence-corrected chi connectivity index (χ3v) is 4.10. The molecule has 0 bridgehead atoms. The number of urea groups is 1. The van der Waals surface area contributed by atoms with Gasteiger partial charge in [-0.15, -0.1) is 0 Å². The zero-order valence-electron chi connectivity index (χ0n) is 14.2. The minimum absolute atomic E-state index is 0.0396. The third kappa shape index (κ3) is 5.58. The first-order chi connectivity index (χ1) is 10.9. The Morgan fingerprint density at radius 2 is 1.83 bits per heavy atom. The van der Waals surface area contributed by atoms with E-state index < -0.39 is 0 Å². The minimum atomic E-state index is -0.242. The maximum Gasteiger partial charge on any atom is 0.319 e. The molecule has 23 heavy (non-hydrogen) atoms. The molecule has 1 aromatic carbocycles. The van der Waals surface area contributed by atoms with Crippen LogP contribution in [0.1, 0.15) is 56.8 Å². The van der Waals surface area contributed by atoms with Gasteiger partial charge in [0.05, 0.1) is 0 Å². The Morgan fingerprint density at radius 3 is 2.43 bits per heavy atom. The highest BCUT2D eigenvalue weighted by Crippen LogP contribution is 2.23. The molecule has 1 saturated carbocycles. The zero-order chi connectivity index (χ0) is 16.8. The second-order valence-electron chi connectivity index (χ2n) is 6.77. The topological polar surface area (TPSA) is 70.2 Å². The third-order valence-electron chi connectivity index (χ3n) is 4.10. The summed E-state index contributed by atoms with van der Waals surface area (Å²) in [6.07, 6.45) is 4.55. The van der Waals surface area contributed by atoms with Crippen molar-refractivity contribution in [2.24, 2.45) is 5.92 Å². The Labute approximate surface area is 138 Å². The van der Waals surface area contributed by atoms with Crippen molar-refractivity contribution in [3.63, 3.8) is 0 Å². The van der Waals surface area contributed by atoms with Gasteiger partial charge in [-0.3, -0.25) is 4.79 Å². The molecule has 0 aromatic heterocycles. The molecule has 2 rings (SSSR count). The molecule has 0 heterocycles. The van der Waals surface area contributed by atoms with Gasteiger partial charge in [-0.25, -0.2) is 4.79 Å². The van der Waals surface area contributed by atoms with Crippen LogP contribution in [0.4, 0.5) is 10.5 Å². The fourth-order valence-electron chi connectivity index (χ4n) is 2.97. The van der Waals surface area contributed by atoms with E-state index in [1.807, 2.05) is 13.8 Å². The second-order valence-corrected chi connectivity index (χ2v) is 6.77. The van der Waals surface area contributed by atoms with Crippen LogP contribution in [-0.2, 0) is 0 Å². The fourth-order valence-corrected chi connectivity index (χ4v) is 2.97. The molecule has 3 amide bonds. The summed E-state index contributed by atoms with van der Waals surface area (Å²) in [5, 5.41) is 8.62. The van der Waals surface area contributed by atoms with E-state index in [0.29, 0.717) is 17.2 Å². The summed E-state index contributed by atoms with van der Waals surface area (Å²) in [7, 11) is 0.